The molecule has 1 heterocycles. The molecule has 0 N–H and O–H groups in total. The van der Waals surface area contributed by atoms with Crippen LogP contribution < -0.4 is 0 Å². The van der Waals surface area contributed by atoms with Gasteiger partial charge in [-0.15, -0.1) is 0 Å². The number of ether oxygens (including phenoxy) is 3. The van der Waals surface area contributed by atoms with Gasteiger partial charge in [0.1, 0.15) is 11.2 Å². The zero-order valence-electron chi connectivity index (χ0n) is 15.5. The number of hydrazine groups is 1. The number of rotatable bonds is 1. The van der Waals surface area contributed by atoms with E-state index in [1.54, 1.807) is 41.5 Å². The van der Waals surface area contributed by atoms with E-state index in [0.717, 1.165) is 10.0 Å². The van der Waals surface area contributed by atoms with Crippen LogP contribution in [0, 0.1) is 0 Å². The Morgan fingerprint density at radius 3 is 1.88 bits per heavy atom. The summed E-state index contributed by atoms with van der Waals surface area (Å²) in [7, 11) is 1.24. The summed E-state index contributed by atoms with van der Waals surface area (Å²) in [5, 5.41) is 2.12. The van der Waals surface area contributed by atoms with Crippen molar-refractivity contribution in [3.63, 3.8) is 0 Å². The molecule has 0 aromatic heterocycles. The normalized spacial score (nSPS) is 18.9. The second kappa shape index (κ2) is 7.27. The molecular formula is C16H28N2O6. The van der Waals surface area contributed by atoms with Crippen molar-refractivity contribution < 1.29 is 28.6 Å². The average Bonchev–Trinajstić information content (AvgIpc) is 2.41. The highest BCUT2D eigenvalue weighted by Gasteiger charge is 2.43. The molecule has 1 fully saturated rings. The molecule has 0 radical (unpaired) electrons. The topological polar surface area (TPSA) is 85.4 Å². The average molecular weight is 344 g/mol. The highest BCUT2D eigenvalue weighted by Crippen LogP contribution is 2.24. The fraction of sp³-hybridized carbons (Fsp3) is 0.812. The number of nitrogens with zero attached hydrogens (tertiary/aromatic N) is 2. The van der Waals surface area contributed by atoms with Gasteiger partial charge < -0.3 is 14.2 Å². The molecule has 24 heavy (non-hydrogen) atoms. The summed E-state index contributed by atoms with van der Waals surface area (Å²) in [4.78, 5) is 37.1. The Morgan fingerprint density at radius 1 is 0.917 bits per heavy atom. The van der Waals surface area contributed by atoms with Crippen molar-refractivity contribution in [3.8, 4) is 0 Å². The maximum atomic E-state index is 12.6. The minimum atomic E-state index is -0.925. The van der Waals surface area contributed by atoms with E-state index in [2.05, 4.69) is 0 Å². The molecule has 0 spiro atoms. The van der Waals surface area contributed by atoms with Crippen molar-refractivity contribution in [2.24, 2.45) is 0 Å². The second-order valence-corrected chi connectivity index (χ2v) is 7.61. The lowest BCUT2D eigenvalue weighted by molar-refractivity contribution is -0.159. The largest absolute Gasteiger partial charge is 0.467 e. The summed E-state index contributed by atoms with van der Waals surface area (Å²) in [6.45, 7) is 10.6. The van der Waals surface area contributed by atoms with Gasteiger partial charge in [-0.3, -0.25) is 0 Å². The molecule has 1 saturated heterocycles. The molecule has 2 amide bonds. The van der Waals surface area contributed by atoms with Crippen LogP contribution in [0.15, 0.2) is 0 Å². The quantitative estimate of drug-likeness (QED) is 0.537. The number of amides is 2. The lowest BCUT2D eigenvalue weighted by atomic mass is 10.1. The van der Waals surface area contributed by atoms with Gasteiger partial charge in [-0.1, -0.05) is 0 Å². The third-order valence-corrected chi connectivity index (χ3v) is 3.06. The first-order chi connectivity index (χ1) is 10.9. The lowest BCUT2D eigenvalue weighted by Gasteiger charge is -2.42. The van der Waals surface area contributed by atoms with Crippen LogP contribution in [-0.4, -0.2) is 59.1 Å². The second-order valence-electron chi connectivity index (χ2n) is 7.61. The van der Waals surface area contributed by atoms with Crippen molar-refractivity contribution >= 4 is 18.2 Å². The maximum absolute atomic E-state index is 12.6. The van der Waals surface area contributed by atoms with Crippen LogP contribution in [0.2, 0.25) is 0 Å². The van der Waals surface area contributed by atoms with Crippen LogP contribution in [0.3, 0.4) is 0 Å². The van der Waals surface area contributed by atoms with Crippen molar-refractivity contribution in [1.29, 1.82) is 0 Å². The number of hydrogen-bond donors (Lipinski definition) is 0. The maximum Gasteiger partial charge on any atom is 0.430 e. The van der Waals surface area contributed by atoms with E-state index in [0.29, 0.717) is 12.8 Å². The van der Waals surface area contributed by atoms with Crippen molar-refractivity contribution in [2.45, 2.75) is 71.6 Å². The van der Waals surface area contributed by atoms with E-state index in [1.165, 1.54) is 7.11 Å². The molecule has 1 aliphatic rings. The van der Waals surface area contributed by atoms with E-state index in [9.17, 15) is 14.4 Å². The molecule has 0 aromatic carbocycles. The Bertz CT molecular complexity index is 492. The molecule has 0 unspecified atom stereocenters. The third-order valence-electron chi connectivity index (χ3n) is 3.06. The Balaban J connectivity index is 3.11. The van der Waals surface area contributed by atoms with Crippen molar-refractivity contribution in [3.05, 3.63) is 0 Å². The first kappa shape index (κ1) is 20.1. The van der Waals surface area contributed by atoms with Gasteiger partial charge in [0, 0.05) is 6.54 Å². The predicted molar refractivity (Wildman–Crippen MR) is 86.1 cm³/mol. The molecule has 0 saturated carbocycles. The first-order valence-electron chi connectivity index (χ1n) is 7.96. The summed E-state index contributed by atoms with van der Waals surface area (Å²) in [6.07, 6.45) is -0.575. The van der Waals surface area contributed by atoms with Gasteiger partial charge >= 0.3 is 18.2 Å². The van der Waals surface area contributed by atoms with Crippen LogP contribution >= 0.6 is 0 Å². The van der Waals surface area contributed by atoms with Crippen LogP contribution in [0.5, 0.6) is 0 Å². The summed E-state index contributed by atoms with van der Waals surface area (Å²) in [5.41, 5.74) is -1.50. The lowest BCUT2D eigenvalue weighted by Crippen LogP contribution is -2.61. The Hall–Kier alpha value is -1.99. The van der Waals surface area contributed by atoms with E-state index >= 15 is 0 Å². The van der Waals surface area contributed by atoms with E-state index in [4.69, 9.17) is 14.2 Å². The summed E-state index contributed by atoms with van der Waals surface area (Å²) < 4.78 is 15.4. The van der Waals surface area contributed by atoms with E-state index in [-0.39, 0.29) is 6.54 Å². The Kier molecular flexibility index (Phi) is 6.08. The summed E-state index contributed by atoms with van der Waals surface area (Å²) in [5.74, 6) is -0.603. The van der Waals surface area contributed by atoms with Crippen molar-refractivity contribution in [1.82, 2.24) is 10.0 Å². The SMILES string of the molecule is COC(=O)[C@@H]1CCCN(C(=O)OC(C)(C)C)N1C(=O)OC(C)(C)C. The van der Waals surface area contributed by atoms with Gasteiger partial charge in [-0.25, -0.2) is 19.4 Å². The number of methoxy groups -OCH3 is 1. The highest BCUT2D eigenvalue weighted by atomic mass is 16.6. The first-order valence-corrected chi connectivity index (χ1v) is 7.96. The number of hydrogen-bond acceptors (Lipinski definition) is 6. The molecular weight excluding hydrogens is 316 g/mol. The van der Waals surface area contributed by atoms with Crippen LogP contribution in [-0.2, 0) is 19.0 Å². The standard InChI is InChI=1S/C16H28N2O6/c1-15(2,3)23-13(20)17-10-8-9-11(12(19)22-7)18(17)14(21)24-16(4,5)6/h11H,8-10H2,1-7H3/t11-/m0/s1. The summed E-state index contributed by atoms with van der Waals surface area (Å²) >= 11 is 0. The molecule has 0 aromatic rings. The van der Waals surface area contributed by atoms with Gasteiger partial charge in [0.05, 0.1) is 7.11 Å². The molecule has 8 heteroatoms. The molecule has 1 aliphatic heterocycles. The Morgan fingerprint density at radius 2 is 1.42 bits per heavy atom. The zero-order chi connectivity index (χ0) is 18.7. The zero-order valence-corrected chi connectivity index (χ0v) is 15.5. The van der Waals surface area contributed by atoms with Crippen LogP contribution in [0.25, 0.3) is 0 Å². The Labute approximate surface area is 143 Å². The highest BCUT2D eigenvalue weighted by molar-refractivity contribution is 5.83. The van der Waals surface area contributed by atoms with E-state index in [1.807, 2.05) is 0 Å². The van der Waals surface area contributed by atoms with Crippen LogP contribution in [0.1, 0.15) is 54.4 Å². The summed E-state index contributed by atoms with van der Waals surface area (Å²) in [6, 6.07) is -0.925. The van der Waals surface area contributed by atoms with Gasteiger partial charge in [0.25, 0.3) is 0 Å². The fourth-order valence-corrected chi connectivity index (χ4v) is 2.21. The van der Waals surface area contributed by atoms with Gasteiger partial charge in [0.15, 0.2) is 6.04 Å². The third kappa shape index (κ3) is 5.58. The minimum Gasteiger partial charge on any atom is -0.467 e. The fourth-order valence-electron chi connectivity index (χ4n) is 2.21. The predicted octanol–water partition coefficient (Wildman–Crippen LogP) is 2.71. The van der Waals surface area contributed by atoms with Gasteiger partial charge in [0.2, 0.25) is 0 Å². The molecule has 1 rings (SSSR count). The molecule has 0 aliphatic carbocycles. The van der Waals surface area contributed by atoms with Gasteiger partial charge in [-0.05, 0) is 54.4 Å². The molecule has 138 valence electrons. The molecule has 1 atom stereocenters. The number of esters is 1. The van der Waals surface area contributed by atoms with Gasteiger partial charge in [-0.2, -0.15) is 5.01 Å². The van der Waals surface area contributed by atoms with Crippen LogP contribution in [0.4, 0.5) is 9.59 Å². The molecule has 8 nitrogen and oxygen atoms in total. The van der Waals surface area contributed by atoms with Crippen molar-refractivity contribution in [2.75, 3.05) is 13.7 Å². The smallest absolute Gasteiger partial charge is 0.430 e. The van der Waals surface area contributed by atoms with E-state index < -0.39 is 35.4 Å². The minimum absolute atomic E-state index is 0.252. The number of carbonyl (C=O) groups is 3. The monoisotopic (exact) mass is 344 g/mol. The number of carbonyl (C=O) groups excluding carboxylic acids is 3. The molecule has 0 bridgehead atoms.